The van der Waals surface area contributed by atoms with Crippen molar-refractivity contribution in [2.24, 2.45) is 0 Å². The zero-order valence-corrected chi connectivity index (χ0v) is 28.4. The maximum atomic E-state index is 13.4. The second-order valence-corrected chi connectivity index (χ2v) is 11.5. The molecule has 0 N–H and O–H groups in total. The molecule has 0 saturated heterocycles. The van der Waals surface area contributed by atoms with Crippen LogP contribution in [0.5, 0.6) is 0 Å². The van der Waals surface area contributed by atoms with Gasteiger partial charge in [-0.25, -0.2) is 9.59 Å². The van der Waals surface area contributed by atoms with Crippen molar-refractivity contribution in [1.82, 2.24) is 0 Å². The topological polar surface area (TPSA) is 107 Å². The molecule has 0 spiro atoms. The van der Waals surface area contributed by atoms with Crippen molar-refractivity contribution in [1.29, 1.82) is 0 Å². The van der Waals surface area contributed by atoms with E-state index in [0.717, 1.165) is 13.8 Å². The Bertz CT molecular complexity index is 1370. The average Bonchev–Trinajstić information content (AvgIpc) is 2.98. The predicted molar refractivity (Wildman–Crippen MR) is 140 cm³/mol. The normalized spacial score (nSPS) is 16.2. The van der Waals surface area contributed by atoms with Gasteiger partial charge in [-0.1, -0.05) is 0 Å². The van der Waals surface area contributed by atoms with Crippen molar-refractivity contribution < 1.29 is 135 Å². The molecule has 0 radical (unpaired) electrons. The van der Waals surface area contributed by atoms with Gasteiger partial charge in [0.15, 0.2) is 0 Å². The molecule has 9 nitrogen and oxygen atoms in total. The number of carbonyl (C=O) groups excluding carboxylic acids is 3. The van der Waals surface area contributed by atoms with Crippen LogP contribution >= 0.6 is 0 Å². The van der Waals surface area contributed by atoms with Gasteiger partial charge in [0.2, 0.25) is 0 Å². The molecule has 3 unspecified atom stereocenters. The molecule has 3 atom stereocenters. The Morgan fingerprint density at radius 3 is 1.04 bits per heavy atom. The maximum Gasteiger partial charge on any atom is 0.459 e. The largest absolute Gasteiger partial charge is 0.460 e. The molecular weight excluding hydrogens is 867 g/mol. The summed E-state index contributed by atoms with van der Waals surface area (Å²) >= 11 is 0. The van der Waals surface area contributed by atoms with Crippen LogP contribution in [0.3, 0.4) is 0 Å². The summed E-state index contributed by atoms with van der Waals surface area (Å²) in [6.07, 6.45) is -27.4. The van der Waals surface area contributed by atoms with Crippen LogP contribution in [0, 0.1) is 0 Å². The highest BCUT2D eigenvalue weighted by molar-refractivity contribution is 5.99. The predicted octanol–water partition coefficient (Wildman–Crippen LogP) is 7.65. The molecule has 0 aromatic heterocycles. The first-order chi connectivity index (χ1) is 25.2. The van der Waals surface area contributed by atoms with E-state index in [4.69, 9.17) is 0 Å². The molecular formula is C27H27F21O9. The highest BCUT2D eigenvalue weighted by atomic mass is 19.4. The highest BCUT2D eigenvalue weighted by Crippen LogP contribution is 2.48. The minimum Gasteiger partial charge on any atom is -0.460 e. The molecule has 30 heteroatoms. The number of alkyl halides is 21. The molecule has 0 aliphatic rings. The molecule has 57 heavy (non-hydrogen) atoms. The van der Waals surface area contributed by atoms with Crippen LogP contribution < -0.4 is 0 Å². The van der Waals surface area contributed by atoms with E-state index in [1.165, 1.54) is 0 Å². The monoisotopic (exact) mass is 894 g/mol. The van der Waals surface area contributed by atoms with Crippen LogP contribution in [0.15, 0.2) is 11.6 Å². The van der Waals surface area contributed by atoms with Crippen molar-refractivity contribution in [3.63, 3.8) is 0 Å². The van der Waals surface area contributed by atoms with Gasteiger partial charge in [-0.05, 0) is 20.8 Å². The summed E-state index contributed by atoms with van der Waals surface area (Å²) in [4.78, 5) is 37.3. The summed E-state index contributed by atoms with van der Waals surface area (Å²) in [5.74, 6) is -42.9. The van der Waals surface area contributed by atoms with Gasteiger partial charge in [-0.15, -0.1) is 0 Å². The second kappa shape index (κ2) is 19.1. The van der Waals surface area contributed by atoms with Crippen molar-refractivity contribution >= 4 is 17.9 Å². The Morgan fingerprint density at radius 2 is 0.737 bits per heavy atom. The number of esters is 3. The molecule has 0 amide bonds. The van der Waals surface area contributed by atoms with Gasteiger partial charge in [-0.2, -0.15) is 92.2 Å². The van der Waals surface area contributed by atoms with E-state index in [-0.39, 0.29) is 6.08 Å². The SMILES string of the molecule is CC(COCC(F)(F)C(F)(F)C(F)(F)F)OC(=O)/C=C(/CC(=O)OC(C)COCC(F)(F)C(F)(F)C(F)(F)F)C(=O)OC(C)COCC(F)(F)C(F)(F)C(F)(F)F. The van der Waals surface area contributed by atoms with Gasteiger partial charge in [0.05, 0.1) is 31.8 Å². The molecule has 0 bridgehead atoms. The number of rotatable bonds is 22. The first-order valence-electron chi connectivity index (χ1n) is 14.7. The van der Waals surface area contributed by atoms with Gasteiger partial charge in [0, 0.05) is 6.08 Å². The standard InChI is InChI=1S/C27H27F21O9/c1-12(6-52-9-19(28,29)22(34,35)25(40,41)42)55-16(49)4-15(18(51)57-14(3)8-54-11-21(32,33)24(38,39)27(46,47)48)5-17(50)56-13(2)7-53-10-20(30,31)23(36,37)26(43,44)45/h4,12-14H,5-11H2,1-3H3/b15-4-. The van der Waals surface area contributed by atoms with Gasteiger partial charge in [0.1, 0.15) is 38.1 Å². The van der Waals surface area contributed by atoms with Crippen LogP contribution in [-0.2, 0) is 42.8 Å². The molecule has 0 fully saturated rings. The van der Waals surface area contributed by atoms with E-state index >= 15 is 0 Å². The Balaban J connectivity index is 5.86. The van der Waals surface area contributed by atoms with Crippen LogP contribution in [0.2, 0.25) is 0 Å². The van der Waals surface area contributed by atoms with E-state index < -0.39 is 142 Å². The molecule has 0 rings (SSSR count). The lowest BCUT2D eigenvalue weighted by atomic mass is 10.1. The first kappa shape index (κ1) is 53.6. The zero-order valence-electron chi connectivity index (χ0n) is 28.4. The third-order valence-electron chi connectivity index (χ3n) is 6.20. The number of hydrogen-bond donors (Lipinski definition) is 0. The van der Waals surface area contributed by atoms with Gasteiger partial charge in [0.25, 0.3) is 0 Å². The lowest BCUT2D eigenvalue weighted by molar-refractivity contribution is -0.361. The van der Waals surface area contributed by atoms with E-state index in [9.17, 15) is 107 Å². The molecule has 0 aromatic carbocycles. The van der Waals surface area contributed by atoms with Gasteiger partial charge in [-0.3, -0.25) is 4.79 Å². The Morgan fingerprint density at radius 1 is 0.456 bits per heavy atom. The van der Waals surface area contributed by atoms with Gasteiger partial charge >= 0.3 is 72.0 Å². The number of ether oxygens (including phenoxy) is 6. The Kier molecular flexibility index (Phi) is 17.9. The van der Waals surface area contributed by atoms with Crippen LogP contribution in [0.25, 0.3) is 0 Å². The molecule has 0 aliphatic carbocycles. The summed E-state index contributed by atoms with van der Waals surface area (Å²) < 4.78 is 295. The Hall–Kier alpha value is -3.44. The average molecular weight is 894 g/mol. The number of hydrogen-bond acceptors (Lipinski definition) is 9. The molecule has 0 heterocycles. The molecule has 336 valence electrons. The smallest absolute Gasteiger partial charge is 0.459 e. The van der Waals surface area contributed by atoms with Crippen molar-refractivity contribution in [3.05, 3.63) is 11.6 Å². The van der Waals surface area contributed by atoms with Crippen molar-refractivity contribution in [3.8, 4) is 0 Å². The zero-order chi connectivity index (χ0) is 45.4. The van der Waals surface area contributed by atoms with Gasteiger partial charge < -0.3 is 28.4 Å². The van der Waals surface area contributed by atoms with Crippen LogP contribution in [-0.4, -0.2) is 130 Å². The summed E-state index contributed by atoms with van der Waals surface area (Å²) in [6, 6.07) is 0. The highest BCUT2D eigenvalue weighted by Gasteiger charge is 2.74. The molecule has 0 aliphatic heterocycles. The molecule has 0 saturated carbocycles. The van der Waals surface area contributed by atoms with E-state index in [1.54, 1.807) is 0 Å². The lowest BCUT2D eigenvalue weighted by Crippen LogP contribution is -2.54. The van der Waals surface area contributed by atoms with Crippen molar-refractivity contribution in [2.45, 2.75) is 99.6 Å². The maximum absolute atomic E-state index is 13.4. The van der Waals surface area contributed by atoms with Crippen molar-refractivity contribution in [2.75, 3.05) is 39.6 Å². The quantitative estimate of drug-likeness (QED) is 0.0470. The Labute approximate surface area is 304 Å². The summed E-state index contributed by atoms with van der Waals surface area (Å²) in [7, 11) is 0. The van der Waals surface area contributed by atoms with E-state index in [0.29, 0.717) is 6.92 Å². The number of halogens is 21. The minimum atomic E-state index is -6.76. The van der Waals surface area contributed by atoms with E-state index in [2.05, 4.69) is 28.4 Å². The van der Waals surface area contributed by atoms with Crippen LogP contribution in [0.4, 0.5) is 92.2 Å². The third-order valence-corrected chi connectivity index (χ3v) is 6.20. The van der Waals surface area contributed by atoms with Crippen LogP contribution in [0.1, 0.15) is 27.2 Å². The third kappa shape index (κ3) is 14.7. The first-order valence-corrected chi connectivity index (χ1v) is 14.7. The molecule has 0 aromatic rings. The summed E-state index contributed by atoms with van der Waals surface area (Å²) in [6.45, 7) is -9.80. The summed E-state index contributed by atoms with van der Waals surface area (Å²) in [5, 5.41) is 0. The van der Waals surface area contributed by atoms with E-state index in [1.807, 2.05) is 0 Å². The summed E-state index contributed by atoms with van der Waals surface area (Å²) in [5.41, 5.74) is -1.28. The number of carbonyl (C=O) groups is 3. The fourth-order valence-corrected chi connectivity index (χ4v) is 3.29. The minimum absolute atomic E-state index is 0.0287. The lowest BCUT2D eigenvalue weighted by Gasteiger charge is -2.28. The fraction of sp³-hybridized carbons (Fsp3) is 0.815. The fourth-order valence-electron chi connectivity index (χ4n) is 3.29. The second-order valence-electron chi connectivity index (χ2n) is 11.5.